The SMILES string of the molecule is Cc1nc2n(C)c(C3CC3)nn2c1CN. The molecule has 0 saturated heterocycles. The fraction of sp³-hybridized carbons (Fsp3) is 0.600. The molecule has 1 aliphatic carbocycles. The molecule has 15 heavy (non-hydrogen) atoms. The lowest BCUT2D eigenvalue weighted by Crippen LogP contribution is -2.03. The van der Waals surface area contributed by atoms with Crippen molar-refractivity contribution in [3.63, 3.8) is 0 Å². The minimum absolute atomic E-state index is 0.494. The van der Waals surface area contributed by atoms with E-state index in [1.807, 2.05) is 18.5 Å². The minimum atomic E-state index is 0.494. The summed E-state index contributed by atoms with van der Waals surface area (Å²) in [7, 11) is 2.03. The number of fused-ring (bicyclic) bond motifs is 1. The second-order valence-electron chi connectivity index (χ2n) is 4.25. The number of rotatable bonds is 2. The molecule has 1 aliphatic rings. The van der Waals surface area contributed by atoms with Crippen molar-refractivity contribution in [3.8, 4) is 0 Å². The molecule has 0 bridgehead atoms. The van der Waals surface area contributed by atoms with E-state index >= 15 is 0 Å². The Balaban J connectivity index is 2.27. The number of nitrogens with zero attached hydrogens (tertiary/aromatic N) is 4. The Kier molecular flexibility index (Phi) is 1.68. The van der Waals surface area contributed by atoms with Crippen LogP contribution in [0.3, 0.4) is 0 Å². The molecule has 2 aromatic rings. The fourth-order valence-electron chi connectivity index (χ4n) is 2.06. The van der Waals surface area contributed by atoms with Gasteiger partial charge in [-0.1, -0.05) is 0 Å². The van der Waals surface area contributed by atoms with Crippen LogP contribution >= 0.6 is 0 Å². The highest BCUT2D eigenvalue weighted by Gasteiger charge is 2.30. The molecule has 3 rings (SSSR count). The van der Waals surface area contributed by atoms with Crippen LogP contribution in [0.5, 0.6) is 0 Å². The first-order valence-corrected chi connectivity index (χ1v) is 5.33. The van der Waals surface area contributed by atoms with E-state index in [0.717, 1.165) is 23.0 Å². The monoisotopic (exact) mass is 205 g/mol. The van der Waals surface area contributed by atoms with E-state index in [2.05, 4.69) is 14.6 Å². The van der Waals surface area contributed by atoms with Gasteiger partial charge in [-0.05, 0) is 19.8 Å². The molecule has 2 heterocycles. The summed E-state index contributed by atoms with van der Waals surface area (Å²) in [6.07, 6.45) is 2.51. The molecule has 0 aromatic carbocycles. The normalized spacial score (nSPS) is 16.5. The van der Waals surface area contributed by atoms with Crippen molar-refractivity contribution in [1.82, 2.24) is 19.2 Å². The predicted molar refractivity (Wildman–Crippen MR) is 56.6 cm³/mol. The Morgan fingerprint density at radius 3 is 2.80 bits per heavy atom. The van der Waals surface area contributed by atoms with Gasteiger partial charge in [-0.3, -0.25) is 4.57 Å². The largest absolute Gasteiger partial charge is 0.325 e. The second-order valence-corrected chi connectivity index (χ2v) is 4.25. The number of hydrogen-bond donors (Lipinski definition) is 1. The molecule has 0 amide bonds. The van der Waals surface area contributed by atoms with Crippen LogP contribution < -0.4 is 5.73 Å². The topological polar surface area (TPSA) is 61.1 Å². The zero-order valence-electron chi connectivity index (χ0n) is 9.06. The first-order valence-electron chi connectivity index (χ1n) is 5.33. The molecular formula is C10H15N5. The number of aryl methyl sites for hydroxylation is 2. The van der Waals surface area contributed by atoms with Gasteiger partial charge in [0.05, 0.1) is 11.4 Å². The molecule has 0 radical (unpaired) electrons. The maximum absolute atomic E-state index is 5.70. The second kappa shape index (κ2) is 2.82. The zero-order chi connectivity index (χ0) is 10.6. The lowest BCUT2D eigenvalue weighted by Gasteiger charge is -1.96. The van der Waals surface area contributed by atoms with E-state index in [4.69, 9.17) is 5.73 Å². The van der Waals surface area contributed by atoms with Gasteiger partial charge in [0.1, 0.15) is 5.82 Å². The third-order valence-corrected chi connectivity index (χ3v) is 3.11. The molecule has 2 aromatic heterocycles. The molecule has 5 heteroatoms. The summed E-state index contributed by atoms with van der Waals surface area (Å²) in [5.41, 5.74) is 7.71. The third-order valence-electron chi connectivity index (χ3n) is 3.11. The van der Waals surface area contributed by atoms with E-state index in [9.17, 15) is 0 Å². The van der Waals surface area contributed by atoms with Gasteiger partial charge in [-0.15, -0.1) is 0 Å². The number of aromatic nitrogens is 4. The van der Waals surface area contributed by atoms with Gasteiger partial charge in [-0.25, -0.2) is 4.98 Å². The summed E-state index contributed by atoms with van der Waals surface area (Å²) in [5, 5.41) is 4.60. The fourth-order valence-corrected chi connectivity index (χ4v) is 2.06. The van der Waals surface area contributed by atoms with Crippen LogP contribution in [0, 0.1) is 6.92 Å². The first kappa shape index (κ1) is 8.91. The van der Waals surface area contributed by atoms with Crippen LogP contribution in [0.15, 0.2) is 0 Å². The lowest BCUT2D eigenvalue weighted by molar-refractivity contribution is 0.782. The molecule has 0 spiro atoms. The average Bonchev–Trinajstić information content (AvgIpc) is 2.93. The van der Waals surface area contributed by atoms with Crippen molar-refractivity contribution >= 4 is 5.78 Å². The molecule has 1 saturated carbocycles. The average molecular weight is 205 g/mol. The first-order chi connectivity index (χ1) is 7.22. The minimum Gasteiger partial charge on any atom is -0.325 e. The van der Waals surface area contributed by atoms with E-state index in [-0.39, 0.29) is 0 Å². The van der Waals surface area contributed by atoms with Crippen LogP contribution in [0.4, 0.5) is 0 Å². The summed E-state index contributed by atoms with van der Waals surface area (Å²) < 4.78 is 3.98. The van der Waals surface area contributed by atoms with Crippen LogP contribution in [-0.2, 0) is 13.6 Å². The molecule has 1 fully saturated rings. The summed E-state index contributed by atoms with van der Waals surface area (Å²) in [6.45, 7) is 2.47. The molecule has 0 unspecified atom stereocenters. The Morgan fingerprint density at radius 1 is 1.47 bits per heavy atom. The van der Waals surface area contributed by atoms with Gasteiger partial charge in [0.25, 0.3) is 0 Å². The van der Waals surface area contributed by atoms with Crippen LogP contribution in [-0.4, -0.2) is 19.2 Å². The predicted octanol–water partition coefficient (Wildman–Crippen LogP) is 0.712. The van der Waals surface area contributed by atoms with Crippen LogP contribution in [0.2, 0.25) is 0 Å². The van der Waals surface area contributed by atoms with Crippen molar-refractivity contribution in [2.24, 2.45) is 12.8 Å². The maximum Gasteiger partial charge on any atom is 0.232 e. The highest BCUT2D eigenvalue weighted by molar-refractivity contribution is 5.37. The molecule has 0 atom stereocenters. The lowest BCUT2D eigenvalue weighted by atomic mass is 10.3. The van der Waals surface area contributed by atoms with Crippen LogP contribution in [0.1, 0.15) is 36.0 Å². The highest BCUT2D eigenvalue weighted by Crippen LogP contribution is 2.39. The van der Waals surface area contributed by atoms with Gasteiger partial charge in [0, 0.05) is 19.5 Å². The van der Waals surface area contributed by atoms with E-state index in [1.54, 1.807) is 0 Å². The number of imidazole rings is 1. The van der Waals surface area contributed by atoms with E-state index < -0.39 is 0 Å². The Labute approximate surface area is 87.9 Å². The zero-order valence-corrected chi connectivity index (χ0v) is 9.06. The summed E-state index contributed by atoms with van der Waals surface area (Å²) in [6, 6.07) is 0. The summed E-state index contributed by atoms with van der Waals surface area (Å²) >= 11 is 0. The number of hydrogen-bond acceptors (Lipinski definition) is 3. The Morgan fingerprint density at radius 2 is 2.20 bits per heavy atom. The van der Waals surface area contributed by atoms with Crippen molar-refractivity contribution in [2.75, 3.05) is 0 Å². The van der Waals surface area contributed by atoms with Gasteiger partial charge >= 0.3 is 0 Å². The molecular weight excluding hydrogens is 190 g/mol. The van der Waals surface area contributed by atoms with Crippen LogP contribution in [0.25, 0.3) is 5.78 Å². The van der Waals surface area contributed by atoms with Gasteiger partial charge in [0.2, 0.25) is 5.78 Å². The third kappa shape index (κ3) is 1.13. The van der Waals surface area contributed by atoms with Gasteiger partial charge < -0.3 is 5.73 Å². The quantitative estimate of drug-likeness (QED) is 0.785. The number of nitrogens with two attached hydrogens (primary N) is 1. The van der Waals surface area contributed by atoms with E-state index in [1.165, 1.54) is 12.8 Å². The standard InChI is InChI=1S/C10H15N5/c1-6-8(5-11)15-10(12-6)14(2)9(13-15)7-3-4-7/h7H,3-5,11H2,1-2H3. The Bertz CT molecular complexity index is 517. The van der Waals surface area contributed by atoms with Gasteiger partial charge in [0.15, 0.2) is 0 Å². The molecule has 5 nitrogen and oxygen atoms in total. The van der Waals surface area contributed by atoms with Crippen molar-refractivity contribution in [3.05, 3.63) is 17.2 Å². The summed E-state index contributed by atoms with van der Waals surface area (Å²) in [5.74, 6) is 2.70. The highest BCUT2D eigenvalue weighted by atomic mass is 15.4. The molecule has 2 N–H and O–H groups in total. The summed E-state index contributed by atoms with van der Waals surface area (Å²) in [4.78, 5) is 4.50. The van der Waals surface area contributed by atoms with Crippen molar-refractivity contribution in [2.45, 2.75) is 32.2 Å². The maximum atomic E-state index is 5.70. The molecule has 80 valence electrons. The van der Waals surface area contributed by atoms with E-state index in [0.29, 0.717) is 12.5 Å². The Hall–Kier alpha value is -1.36. The van der Waals surface area contributed by atoms with Crippen molar-refractivity contribution in [1.29, 1.82) is 0 Å². The molecule has 0 aliphatic heterocycles. The van der Waals surface area contributed by atoms with Gasteiger partial charge in [-0.2, -0.15) is 9.61 Å². The van der Waals surface area contributed by atoms with Crippen molar-refractivity contribution < 1.29 is 0 Å². The smallest absolute Gasteiger partial charge is 0.232 e.